The number of hydrogen-bond donors (Lipinski definition) is 4. The van der Waals surface area contributed by atoms with Crippen molar-refractivity contribution in [3.8, 4) is 11.5 Å². The van der Waals surface area contributed by atoms with Crippen LogP contribution in [0.4, 0.5) is 38.0 Å². The van der Waals surface area contributed by atoms with E-state index in [9.17, 15) is 41.4 Å². The van der Waals surface area contributed by atoms with E-state index in [1.807, 2.05) is 44.2 Å². The molecular weight excluding hydrogens is 799 g/mol. The smallest absolute Gasteiger partial charge is 0.416 e. The molecule has 5 N–H and O–H groups in total. The van der Waals surface area contributed by atoms with Crippen molar-refractivity contribution in [2.24, 2.45) is 0 Å². The minimum absolute atomic E-state index is 0.0322. The Balaban J connectivity index is 0.000000184. The molecule has 1 atom stereocenters. The van der Waals surface area contributed by atoms with Crippen molar-refractivity contribution in [2.45, 2.75) is 32.2 Å². The number of hydrogen-bond acceptors (Lipinski definition) is 9. The Morgan fingerprint density at radius 1 is 0.623 bits per heavy atom. The number of anilines is 2. The van der Waals surface area contributed by atoms with Crippen LogP contribution in [0, 0.1) is 13.8 Å². The van der Waals surface area contributed by atoms with Gasteiger partial charge in [-0.25, -0.2) is 9.97 Å². The largest absolute Gasteiger partial charge is 0.506 e. The molecule has 8 aromatic rings. The van der Waals surface area contributed by atoms with Gasteiger partial charge in [-0.3, -0.25) is 14.8 Å². The Hall–Kier alpha value is -7.55. The Labute approximate surface area is 346 Å². The molecule has 0 bridgehead atoms. The summed E-state index contributed by atoms with van der Waals surface area (Å²) in [5, 5.41) is 25.0. The predicted octanol–water partition coefficient (Wildman–Crippen LogP) is 11.3. The van der Waals surface area contributed by atoms with Crippen LogP contribution >= 0.6 is 0 Å². The highest BCUT2D eigenvalue weighted by Crippen LogP contribution is 2.38. The molecule has 0 spiro atoms. The highest BCUT2D eigenvalue weighted by atomic mass is 19.4. The Morgan fingerprint density at radius 3 is 1.77 bits per heavy atom. The highest BCUT2D eigenvalue weighted by molar-refractivity contribution is 5.86. The van der Waals surface area contributed by atoms with Crippen LogP contribution in [0.5, 0.6) is 11.5 Å². The first-order valence-electron chi connectivity index (χ1n) is 18.3. The number of phenols is 2. The highest BCUT2D eigenvalue weighted by Gasteiger charge is 2.32. The molecule has 0 amide bonds. The van der Waals surface area contributed by atoms with E-state index in [1.165, 1.54) is 18.2 Å². The van der Waals surface area contributed by atoms with Gasteiger partial charge in [-0.2, -0.15) is 26.3 Å². The number of phenolic OH excluding ortho intramolecular Hbond substituents is 2. The molecule has 0 aliphatic rings. The number of aryl methyl sites for hydroxylation is 2. The van der Waals surface area contributed by atoms with E-state index in [-0.39, 0.29) is 17.1 Å². The molecule has 0 aliphatic heterocycles. The second kappa shape index (κ2) is 19.9. The van der Waals surface area contributed by atoms with Crippen LogP contribution in [0.25, 0.3) is 21.8 Å². The maximum Gasteiger partial charge on any atom is 0.416 e. The van der Waals surface area contributed by atoms with Crippen LogP contribution in [0.1, 0.15) is 49.8 Å². The number of aldehydes is 1. The summed E-state index contributed by atoms with van der Waals surface area (Å²) in [5.41, 5.74) is 7.67. The molecule has 0 aliphatic carbocycles. The van der Waals surface area contributed by atoms with Crippen molar-refractivity contribution in [1.29, 1.82) is 0 Å². The lowest BCUT2D eigenvalue weighted by Gasteiger charge is -2.23. The zero-order valence-electron chi connectivity index (χ0n) is 32.5. The number of carbonyl (C=O) groups excluding carboxylic acids is 1. The summed E-state index contributed by atoms with van der Waals surface area (Å²) in [7, 11) is 0. The number of nitrogens with zero attached hydrogens (tertiary/aromatic N) is 4. The molecule has 0 saturated carbocycles. The molecule has 15 heteroatoms. The zero-order chi connectivity index (χ0) is 44.2. The summed E-state index contributed by atoms with van der Waals surface area (Å²) in [4.78, 5) is 26.5. The van der Waals surface area contributed by atoms with Crippen LogP contribution in [0.3, 0.4) is 0 Å². The third-order valence-electron chi connectivity index (χ3n) is 8.74. The monoisotopic (exact) mass is 836 g/mol. The van der Waals surface area contributed by atoms with Gasteiger partial charge in [0.05, 0.1) is 17.2 Å². The van der Waals surface area contributed by atoms with E-state index in [0.29, 0.717) is 40.1 Å². The van der Waals surface area contributed by atoms with Crippen molar-refractivity contribution < 1.29 is 41.4 Å². The maximum atomic E-state index is 13.3. The topological polar surface area (TPSA) is 147 Å². The van der Waals surface area contributed by atoms with Gasteiger partial charge < -0.3 is 21.3 Å². The molecule has 0 fully saturated rings. The second-order valence-corrected chi connectivity index (χ2v) is 13.4. The first-order chi connectivity index (χ1) is 29.0. The van der Waals surface area contributed by atoms with Gasteiger partial charge in [0.25, 0.3) is 0 Å². The van der Waals surface area contributed by atoms with Gasteiger partial charge in [0.1, 0.15) is 40.5 Å². The van der Waals surface area contributed by atoms with Gasteiger partial charge >= 0.3 is 12.4 Å². The van der Waals surface area contributed by atoms with Crippen LogP contribution in [-0.2, 0) is 12.4 Å². The fourth-order valence-corrected chi connectivity index (χ4v) is 5.67. The maximum absolute atomic E-state index is 13.3. The number of nitrogens with one attached hydrogen (secondary N) is 1. The summed E-state index contributed by atoms with van der Waals surface area (Å²) in [6.07, 6.45) is -1.84. The molecule has 4 heterocycles. The molecule has 1 unspecified atom stereocenters. The van der Waals surface area contributed by atoms with Gasteiger partial charge in [0.2, 0.25) is 0 Å². The molecule has 4 aromatic carbocycles. The number of pyridine rings is 4. The number of nitrogen functional groups attached to an aromatic ring is 1. The number of carbonyl (C=O) groups is 1. The number of alkyl halides is 6. The summed E-state index contributed by atoms with van der Waals surface area (Å²) in [6.45, 7) is 3.87. The standard InChI is InChI=1S/C23H18F3N3O.C9H7NO.C8H5F3O.C6H8N2/c1-14-7-10-19(28-13-14)29-20(16-4-2-6-17(12-16)23(24,25)26)18-9-8-15-5-3-11-27-21(15)22(18)30;11-8-5-1-3-7-4-2-6-10-9(7)8;9-8(10,11)7-3-1-2-6(4-7)5-12;1-5-2-3-6(7)8-4-5/h2-13,20,30H,1H3,(H,28,29);1-6,11H;1-5H;2-4H,1H3,(H2,7,8). The van der Waals surface area contributed by atoms with Gasteiger partial charge in [0.15, 0.2) is 0 Å². The van der Waals surface area contributed by atoms with Crippen molar-refractivity contribution in [3.63, 3.8) is 0 Å². The van der Waals surface area contributed by atoms with Gasteiger partial charge in [0, 0.05) is 46.7 Å². The molecule has 0 radical (unpaired) electrons. The quantitative estimate of drug-likeness (QED) is 0.0982. The average molecular weight is 837 g/mol. The molecule has 8 rings (SSSR count). The minimum Gasteiger partial charge on any atom is -0.506 e. The second-order valence-electron chi connectivity index (χ2n) is 13.4. The Kier molecular flexibility index (Phi) is 14.6. The average Bonchev–Trinajstić information content (AvgIpc) is 3.25. The predicted molar refractivity (Wildman–Crippen MR) is 223 cm³/mol. The lowest BCUT2D eigenvalue weighted by molar-refractivity contribution is -0.138. The van der Waals surface area contributed by atoms with Crippen molar-refractivity contribution >= 4 is 39.7 Å². The van der Waals surface area contributed by atoms with E-state index in [2.05, 4.69) is 25.3 Å². The summed E-state index contributed by atoms with van der Waals surface area (Å²) in [6, 6.07) is 32.0. The summed E-state index contributed by atoms with van der Waals surface area (Å²) < 4.78 is 75.9. The molecule has 312 valence electrons. The lowest BCUT2D eigenvalue weighted by Crippen LogP contribution is -2.15. The van der Waals surface area contributed by atoms with Crippen molar-refractivity contribution in [2.75, 3.05) is 11.1 Å². The van der Waals surface area contributed by atoms with Gasteiger partial charge in [-0.05, 0) is 85.1 Å². The van der Waals surface area contributed by atoms with Crippen molar-refractivity contribution in [3.05, 3.63) is 191 Å². The number of para-hydroxylation sites is 1. The third-order valence-corrected chi connectivity index (χ3v) is 8.74. The van der Waals surface area contributed by atoms with E-state index < -0.39 is 29.5 Å². The zero-order valence-corrected chi connectivity index (χ0v) is 32.5. The molecule has 61 heavy (non-hydrogen) atoms. The molecule has 4 aromatic heterocycles. The van der Waals surface area contributed by atoms with Crippen LogP contribution in [0.2, 0.25) is 0 Å². The number of rotatable bonds is 5. The van der Waals surface area contributed by atoms with Crippen molar-refractivity contribution in [1.82, 2.24) is 19.9 Å². The van der Waals surface area contributed by atoms with Gasteiger partial charge in [-0.15, -0.1) is 0 Å². The number of aromatic hydroxyl groups is 2. The van der Waals surface area contributed by atoms with Crippen LogP contribution in [0.15, 0.2) is 152 Å². The first kappa shape index (κ1) is 44.6. The van der Waals surface area contributed by atoms with Gasteiger partial charge in [-0.1, -0.05) is 72.8 Å². The minimum atomic E-state index is -4.48. The number of halogens is 6. The Bertz CT molecular complexity index is 2670. The normalized spacial score (nSPS) is 11.5. The summed E-state index contributed by atoms with van der Waals surface area (Å²) in [5.74, 6) is 1.21. The third kappa shape index (κ3) is 12.5. The molecule has 0 saturated heterocycles. The van der Waals surface area contributed by atoms with E-state index in [0.717, 1.165) is 46.2 Å². The first-order valence-corrected chi connectivity index (χ1v) is 18.3. The molecule has 9 nitrogen and oxygen atoms in total. The number of aromatic nitrogens is 4. The lowest BCUT2D eigenvalue weighted by atomic mass is 9.95. The fraction of sp³-hybridized carbons (Fsp3) is 0.109. The van der Waals surface area contributed by atoms with E-state index >= 15 is 0 Å². The van der Waals surface area contributed by atoms with Crippen LogP contribution in [-0.4, -0.2) is 36.4 Å². The number of benzene rings is 4. The summed E-state index contributed by atoms with van der Waals surface area (Å²) >= 11 is 0. The van der Waals surface area contributed by atoms with Crippen LogP contribution < -0.4 is 11.1 Å². The SMILES string of the molecule is Cc1ccc(N)nc1.Cc1ccc(NC(c2cccc(C(F)(F)F)c2)c2ccc3cccnc3c2O)nc1.O=Cc1cccc(C(F)(F)F)c1.Oc1cccc2cccnc12. The fourth-order valence-electron chi connectivity index (χ4n) is 5.67. The molecular formula is C46H38F6N6O3. The van der Waals surface area contributed by atoms with E-state index in [1.54, 1.807) is 79.4 Å². The number of fused-ring (bicyclic) bond motifs is 2. The van der Waals surface area contributed by atoms with E-state index in [4.69, 9.17) is 5.73 Å². The Morgan fingerprint density at radius 2 is 1.20 bits per heavy atom. The number of nitrogens with two attached hydrogens (primary N) is 1.